The maximum atomic E-state index is 10.7. The maximum Gasteiger partial charge on any atom is 0.132 e. The van der Waals surface area contributed by atoms with Gasteiger partial charge in [-0.25, -0.2) is 0 Å². The van der Waals surface area contributed by atoms with E-state index in [9.17, 15) is 9.90 Å². The molecule has 1 rings (SSSR count). The second-order valence-electron chi connectivity index (χ2n) is 3.08. The topological polar surface area (TPSA) is 46.5 Å². The molecule has 0 aromatic heterocycles. The highest BCUT2D eigenvalue weighted by Gasteiger charge is 2.21. The molecule has 11 heavy (non-hydrogen) atoms. The number of Topliss-reactive ketones (excluding diaryl/α,β-unsaturated/α-hetero) is 1. The van der Waals surface area contributed by atoms with Gasteiger partial charge >= 0.3 is 0 Å². The fourth-order valence-corrected chi connectivity index (χ4v) is 1.32. The lowest BCUT2D eigenvalue weighted by Gasteiger charge is -2.25. The smallest absolute Gasteiger partial charge is 0.132 e. The third kappa shape index (κ3) is 2.99. The lowest BCUT2D eigenvalue weighted by atomic mass is 10.0. The van der Waals surface area contributed by atoms with Crippen molar-refractivity contribution in [1.29, 1.82) is 0 Å². The molecule has 1 fully saturated rings. The van der Waals surface area contributed by atoms with Crippen molar-refractivity contribution in [2.75, 3.05) is 6.61 Å². The third-order valence-corrected chi connectivity index (χ3v) is 1.85. The average molecular weight is 158 g/mol. The standard InChI is InChI=1S/C8H14O3/c1-6(9)4-8-5-7(10)2-3-11-8/h7-8,10H,2-5H2,1H3. The van der Waals surface area contributed by atoms with Gasteiger partial charge in [0.15, 0.2) is 0 Å². The van der Waals surface area contributed by atoms with Gasteiger partial charge in [0, 0.05) is 19.4 Å². The molecule has 0 bridgehead atoms. The number of hydrogen-bond acceptors (Lipinski definition) is 3. The van der Waals surface area contributed by atoms with Crippen LogP contribution in [0.25, 0.3) is 0 Å². The molecule has 0 aromatic rings. The minimum atomic E-state index is -0.270. The zero-order valence-electron chi connectivity index (χ0n) is 6.75. The minimum absolute atomic E-state index is 0.0451. The molecule has 0 spiro atoms. The molecule has 2 atom stereocenters. The monoisotopic (exact) mass is 158 g/mol. The van der Waals surface area contributed by atoms with Crippen LogP contribution in [0.1, 0.15) is 26.2 Å². The first-order valence-electron chi connectivity index (χ1n) is 3.97. The van der Waals surface area contributed by atoms with Crippen LogP contribution in [0.4, 0.5) is 0 Å². The number of ether oxygens (including phenoxy) is 1. The van der Waals surface area contributed by atoms with Crippen LogP contribution in [0.15, 0.2) is 0 Å². The Morgan fingerprint density at radius 1 is 1.73 bits per heavy atom. The molecular weight excluding hydrogens is 144 g/mol. The molecule has 0 amide bonds. The van der Waals surface area contributed by atoms with Crippen LogP contribution in [-0.2, 0) is 9.53 Å². The molecule has 1 saturated heterocycles. The summed E-state index contributed by atoms with van der Waals surface area (Å²) < 4.78 is 5.28. The molecule has 1 aliphatic rings. The lowest BCUT2D eigenvalue weighted by molar-refractivity contribution is -0.122. The zero-order chi connectivity index (χ0) is 8.27. The first-order chi connectivity index (χ1) is 5.18. The quantitative estimate of drug-likeness (QED) is 0.636. The van der Waals surface area contributed by atoms with E-state index in [1.807, 2.05) is 0 Å². The molecular formula is C8H14O3. The van der Waals surface area contributed by atoms with Gasteiger partial charge in [-0.3, -0.25) is 4.79 Å². The van der Waals surface area contributed by atoms with Gasteiger partial charge in [-0.15, -0.1) is 0 Å². The average Bonchev–Trinajstić information content (AvgIpc) is 1.85. The summed E-state index contributed by atoms with van der Waals surface area (Å²) in [5.74, 6) is 0.129. The summed E-state index contributed by atoms with van der Waals surface area (Å²) in [5.41, 5.74) is 0. The van der Waals surface area contributed by atoms with E-state index in [1.165, 1.54) is 0 Å². The summed E-state index contributed by atoms with van der Waals surface area (Å²) in [6.07, 6.45) is 1.44. The first kappa shape index (κ1) is 8.68. The second-order valence-corrected chi connectivity index (χ2v) is 3.08. The molecule has 0 saturated carbocycles. The van der Waals surface area contributed by atoms with Crippen molar-refractivity contribution in [1.82, 2.24) is 0 Å². The number of rotatable bonds is 2. The SMILES string of the molecule is CC(=O)CC1CC(O)CCO1. The van der Waals surface area contributed by atoms with Crippen molar-refractivity contribution in [2.24, 2.45) is 0 Å². The molecule has 0 radical (unpaired) electrons. The number of aliphatic hydroxyl groups excluding tert-OH is 1. The van der Waals surface area contributed by atoms with Crippen LogP contribution in [0.2, 0.25) is 0 Å². The zero-order valence-corrected chi connectivity index (χ0v) is 6.75. The number of carbonyl (C=O) groups excluding carboxylic acids is 1. The van der Waals surface area contributed by atoms with Crippen molar-refractivity contribution >= 4 is 5.78 Å². The van der Waals surface area contributed by atoms with E-state index in [-0.39, 0.29) is 18.0 Å². The Hall–Kier alpha value is -0.410. The highest BCUT2D eigenvalue weighted by atomic mass is 16.5. The predicted octanol–water partition coefficient (Wildman–Crippen LogP) is 0.505. The minimum Gasteiger partial charge on any atom is -0.393 e. The van der Waals surface area contributed by atoms with Crippen molar-refractivity contribution < 1.29 is 14.6 Å². The van der Waals surface area contributed by atoms with Crippen LogP contribution < -0.4 is 0 Å². The molecule has 3 heteroatoms. The molecule has 0 aliphatic carbocycles. The summed E-state index contributed by atoms with van der Waals surface area (Å²) in [5, 5.41) is 9.20. The largest absolute Gasteiger partial charge is 0.393 e. The first-order valence-corrected chi connectivity index (χ1v) is 3.97. The Balaban J connectivity index is 2.28. The summed E-state index contributed by atoms with van der Waals surface area (Å²) in [4.78, 5) is 10.7. The van der Waals surface area contributed by atoms with E-state index in [2.05, 4.69) is 0 Å². The second kappa shape index (κ2) is 3.83. The van der Waals surface area contributed by atoms with Gasteiger partial charge in [-0.05, 0) is 13.3 Å². The fraction of sp³-hybridized carbons (Fsp3) is 0.875. The molecule has 64 valence electrons. The van der Waals surface area contributed by atoms with E-state index < -0.39 is 0 Å². The Bertz CT molecular complexity index is 144. The highest BCUT2D eigenvalue weighted by molar-refractivity contribution is 5.75. The predicted molar refractivity (Wildman–Crippen MR) is 40.3 cm³/mol. The van der Waals surface area contributed by atoms with Crippen LogP contribution in [0.5, 0.6) is 0 Å². The Morgan fingerprint density at radius 2 is 2.45 bits per heavy atom. The van der Waals surface area contributed by atoms with Crippen LogP contribution in [0, 0.1) is 0 Å². The van der Waals surface area contributed by atoms with Crippen LogP contribution in [-0.4, -0.2) is 29.7 Å². The fourth-order valence-electron chi connectivity index (χ4n) is 1.32. The van der Waals surface area contributed by atoms with Gasteiger partial charge in [0.1, 0.15) is 5.78 Å². The van der Waals surface area contributed by atoms with Gasteiger partial charge in [-0.1, -0.05) is 0 Å². The highest BCUT2D eigenvalue weighted by Crippen LogP contribution is 2.16. The number of hydrogen-bond donors (Lipinski definition) is 1. The van der Waals surface area contributed by atoms with Crippen molar-refractivity contribution in [3.63, 3.8) is 0 Å². The van der Waals surface area contributed by atoms with E-state index in [0.717, 1.165) is 0 Å². The van der Waals surface area contributed by atoms with E-state index in [0.29, 0.717) is 25.9 Å². The van der Waals surface area contributed by atoms with E-state index >= 15 is 0 Å². The number of aliphatic hydroxyl groups is 1. The van der Waals surface area contributed by atoms with Gasteiger partial charge in [-0.2, -0.15) is 0 Å². The van der Waals surface area contributed by atoms with Crippen LogP contribution in [0.3, 0.4) is 0 Å². The molecule has 1 N–H and O–H groups in total. The Morgan fingerprint density at radius 3 is 3.00 bits per heavy atom. The van der Waals surface area contributed by atoms with Crippen molar-refractivity contribution in [3.05, 3.63) is 0 Å². The van der Waals surface area contributed by atoms with E-state index in [1.54, 1.807) is 6.92 Å². The van der Waals surface area contributed by atoms with Gasteiger partial charge < -0.3 is 9.84 Å². The normalized spacial score (nSPS) is 31.8. The molecule has 0 aromatic carbocycles. The van der Waals surface area contributed by atoms with Gasteiger partial charge in [0.2, 0.25) is 0 Å². The Kier molecular flexibility index (Phi) is 3.02. The Labute approximate surface area is 66.4 Å². The summed E-state index contributed by atoms with van der Waals surface area (Å²) in [6.45, 7) is 2.13. The third-order valence-electron chi connectivity index (χ3n) is 1.85. The molecule has 1 heterocycles. The molecule has 2 unspecified atom stereocenters. The van der Waals surface area contributed by atoms with Crippen molar-refractivity contribution in [3.8, 4) is 0 Å². The van der Waals surface area contributed by atoms with E-state index in [4.69, 9.17) is 4.74 Å². The van der Waals surface area contributed by atoms with Crippen LogP contribution >= 0.6 is 0 Å². The summed E-state index contributed by atoms with van der Waals surface area (Å²) in [6, 6.07) is 0. The summed E-state index contributed by atoms with van der Waals surface area (Å²) >= 11 is 0. The van der Waals surface area contributed by atoms with Gasteiger partial charge in [0.25, 0.3) is 0 Å². The lowest BCUT2D eigenvalue weighted by Crippen LogP contribution is -2.30. The van der Waals surface area contributed by atoms with Crippen molar-refractivity contribution in [2.45, 2.75) is 38.4 Å². The molecule has 1 aliphatic heterocycles. The summed E-state index contributed by atoms with van der Waals surface area (Å²) in [7, 11) is 0. The molecule has 3 nitrogen and oxygen atoms in total. The van der Waals surface area contributed by atoms with Gasteiger partial charge in [0.05, 0.1) is 12.2 Å². The number of carbonyl (C=O) groups is 1. The maximum absolute atomic E-state index is 10.7. The number of ketones is 1.